The predicted octanol–water partition coefficient (Wildman–Crippen LogP) is 7.00. The van der Waals surface area contributed by atoms with Gasteiger partial charge >= 0.3 is 6.09 Å². The first kappa shape index (κ1) is 26.4. The van der Waals surface area contributed by atoms with Crippen molar-refractivity contribution in [2.24, 2.45) is 0 Å². The maximum atomic E-state index is 15.2. The fraction of sp³-hybridized carbons (Fsp3) is 0.273. The number of halogens is 3. The highest BCUT2D eigenvalue weighted by molar-refractivity contribution is 9.10. The first-order valence-corrected chi connectivity index (χ1v) is 13.5. The smallest absolute Gasteiger partial charge is 0.430 e. The maximum Gasteiger partial charge on any atom is 0.430 e. The number of hydrogen-bond donors (Lipinski definition) is 1. The van der Waals surface area contributed by atoms with E-state index < -0.39 is 32.4 Å². The number of amides is 1. The van der Waals surface area contributed by atoms with Crippen LogP contribution in [0.1, 0.15) is 39.3 Å². The molecule has 0 aliphatic carbocycles. The highest BCUT2D eigenvalue weighted by Crippen LogP contribution is 2.34. The molecule has 0 aliphatic rings. The summed E-state index contributed by atoms with van der Waals surface area (Å²) >= 11 is 10.8. The van der Waals surface area contributed by atoms with E-state index in [0.717, 1.165) is 33.5 Å². The largest absolute Gasteiger partial charge is 0.443 e. The number of nitrogens with zero attached hydrogens (tertiary/aromatic N) is 2. The molecule has 0 radical (unpaired) electrons. The molecular weight excluding hydrogens is 569 g/mol. The second kappa shape index (κ2) is 10.2. The van der Waals surface area contributed by atoms with Crippen LogP contribution >= 0.6 is 38.9 Å². The molecule has 0 saturated heterocycles. The number of rotatable bonds is 6. The summed E-state index contributed by atoms with van der Waals surface area (Å²) in [5, 5.41) is 4.39. The van der Waals surface area contributed by atoms with Crippen molar-refractivity contribution < 1.29 is 22.3 Å². The van der Waals surface area contributed by atoms with Crippen LogP contribution in [0.25, 0.3) is 0 Å². The molecular formula is C22H22BrClFN3O4S2. The molecule has 2 aromatic carbocycles. The van der Waals surface area contributed by atoms with Crippen LogP contribution < -0.4 is 9.62 Å². The van der Waals surface area contributed by atoms with Gasteiger partial charge < -0.3 is 10.1 Å². The predicted molar refractivity (Wildman–Crippen MR) is 136 cm³/mol. The number of benzene rings is 2. The van der Waals surface area contributed by atoms with E-state index in [9.17, 15) is 13.2 Å². The average molecular weight is 591 g/mol. The van der Waals surface area contributed by atoms with E-state index in [1.165, 1.54) is 10.9 Å². The fourth-order valence-electron chi connectivity index (χ4n) is 2.95. The molecule has 1 N–H and O–H groups in total. The van der Waals surface area contributed by atoms with Crippen LogP contribution in [0.3, 0.4) is 0 Å². The number of thiazole rings is 1. The van der Waals surface area contributed by atoms with Gasteiger partial charge in [-0.25, -0.2) is 22.6 Å². The van der Waals surface area contributed by atoms with Crippen molar-refractivity contribution in [1.29, 1.82) is 0 Å². The minimum Gasteiger partial charge on any atom is -0.443 e. The lowest BCUT2D eigenvalue weighted by Crippen LogP contribution is -2.41. The third-order valence-corrected chi connectivity index (χ3v) is 7.51. The van der Waals surface area contributed by atoms with E-state index >= 15 is 4.39 Å². The van der Waals surface area contributed by atoms with Crippen molar-refractivity contribution >= 4 is 66.5 Å². The Hall–Kier alpha value is -2.21. The van der Waals surface area contributed by atoms with Gasteiger partial charge in [-0.05, 0) is 57.5 Å². The van der Waals surface area contributed by atoms with Crippen LogP contribution in [0.15, 0.2) is 56.7 Å². The summed E-state index contributed by atoms with van der Waals surface area (Å²) in [6.07, 6.45) is -1.21. The van der Waals surface area contributed by atoms with E-state index in [1.807, 2.05) is 31.2 Å². The number of aromatic nitrogens is 1. The van der Waals surface area contributed by atoms with E-state index in [2.05, 4.69) is 26.2 Å². The number of sulfonamides is 1. The van der Waals surface area contributed by atoms with Crippen LogP contribution in [-0.2, 0) is 14.8 Å². The Morgan fingerprint density at radius 3 is 2.59 bits per heavy atom. The van der Waals surface area contributed by atoms with Gasteiger partial charge in [0.05, 0.1) is 16.2 Å². The van der Waals surface area contributed by atoms with Crippen molar-refractivity contribution in [2.75, 3.05) is 9.62 Å². The second-order valence-corrected chi connectivity index (χ2v) is 12.1. The Bertz CT molecular complexity index is 1300. The van der Waals surface area contributed by atoms with Crippen LogP contribution in [-0.4, -0.2) is 25.1 Å². The van der Waals surface area contributed by atoms with Gasteiger partial charge in [-0.3, -0.25) is 0 Å². The van der Waals surface area contributed by atoms with Crippen LogP contribution in [0, 0.1) is 5.82 Å². The lowest BCUT2D eigenvalue weighted by molar-refractivity contribution is 0.0608. The van der Waals surface area contributed by atoms with Gasteiger partial charge in [0.1, 0.15) is 16.3 Å². The Morgan fingerprint density at radius 1 is 1.29 bits per heavy atom. The Kier molecular flexibility index (Phi) is 7.91. The van der Waals surface area contributed by atoms with Gasteiger partial charge in [0.25, 0.3) is 10.0 Å². The average Bonchev–Trinajstić information content (AvgIpc) is 3.22. The van der Waals surface area contributed by atoms with Gasteiger partial charge in [0.15, 0.2) is 5.82 Å². The highest BCUT2D eigenvalue weighted by atomic mass is 79.9. The number of carbonyl (C=O) groups excluding carboxylic acids is 1. The summed E-state index contributed by atoms with van der Waals surface area (Å²) < 4.78 is 48.4. The fourth-order valence-corrected chi connectivity index (χ4v) is 5.59. The minimum atomic E-state index is -4.74. The molecule has 0 saturated carbocycles. The summed E-state index contributed by atoms with van der Waals surface area (Å²) in [4.78, 5) is 15.9. The summed E-state index contributed by atoms with van der Waals surface area (Å²) in [6, 6.07) is 9.21. The van der Waals surface area contributed by atoms with Gasteiger partial charge in [-0.15, -0.1) is 15.6 Å². The standard InChI is InChI=1S/C22H22BrClFN3O4S2/c1-13(14-6-5-7-15(23)8-14)27-18-10-17(25)19(9-16(18)24)34(30,31)28(20-11-33-12-26-20)21(29)32-22(2,3)4/h5-13,27H,1-4H3/t13-/m1/s1. The first-order chi connectivity index (χ1) is 15.8. The van der Waals surface area contributed by atoms with Crippen molar-refractivity contribution in [2.45, 2.75) is 44.2 Å². The molecule has 12 heteroatoms. The SMILES string of the molecule is C[C@@H](Nc1cc(F)c(S(=O)(=O)N(C(=O)OC(C)(C)C)c2cscn2)cc1Cl)c1cccc(Br)c1. The molecule has 182 valence electrons. The molecule has 34 heavy (non-hydrogen) atoms. The van der Waals surface area contributed by atoms with Gasteiger partial charge in [-0.2, -0.15) is 0 Å². The molecule has 1 atom stereocenters. The maximum absolute atomic E-state index is 15.2. The molecule has 0 bridgehead atoms. The zero-order valence-corrected chi connectivity index (χ0v) is 22.6. The number of carbonyl (C=O) groups is 1. The van der Waals surface area contributed by atoms with Crippen LogP contribution in [0.5, 0.6) is 0 Å². The van der Waals surface area contributed by atoms with Gasteiger partial charge in [0, 0.05) is 15.9 Å². The summed E-state index contributed by atoms with van der Waals surface area (Å²) in [7, 11) is -4.74. The Labute approximate surface area is 215 Å². The molecule has 3 rings (SSSR count). The molecule has 3 aromatic rings. The van der Waals surface area contributed by atoms with Crippen molar-refractivity contribution in [1.82, 2.24) is 4.98 Å². The second-order valence-electron chi connectivity index (χ2n) is 8.28. The summed E-state index contributed by atoms with van der Waals surface area (Å²) in [6.45, 7) is 6.61. The van der Waals surface area contributed by atoms with E-state index in [4.69, 9.17) is 16.3 Å². The zero-order valence-electron chi connectivity index (χ0n) is 18.7. The van der Waals surface area contributed by atoms with Crippen LogP contribution in [0.2, 0.25) is 5.02 Å². The highest BCUT2D eigenvalue weighted by Gasteiger charge is 2.38. The molecule has 7 nitrogen and oxygen atoms in total. The lowest BCUT2D eigenvalue weighted by atomic mass is 10.1. The molecule has 1 aromatic heterocycles. The normalized spacial score (nSPS) is 12.8. The topological polar surface area (TPSA) is 88.6 Å². The zero-order chi connectivity index (χ0) is 25.3. The van der Waals surface area contributed by atoms with Crippen molar-refractivity contribution in [3.63, 3.8) is 0 Å². The molecule has 0 fully saturated rings. The molecule has 1 heterocycles. The lowest BCUT2D eigenvalue weighted by Gasteiger charge is -2.26. The third kappa shape index (κ3) is 6.07. The van der Waals surface area contributed by atoms with E-state index in [0.29, 0.717) is 4.31 Å². The molecule has 0 spiro atoms. The number of hydrogen-bond acceptors (Lipinski definition) is 7. The van der Waals surface area contributed by atoms with Crippen molar-refractivity contribution in [3.8, 4) is 0 Å². The molecule has 0 unspecified atom stereocenters. The minimum absolute atomic E-state index is 0.0377. The van der Waals surface area contributed by atoms with Gasteiger partial charge in [-0.1, -0.05) is 39.7 Å². The monoisotopic (exact) mass is 589 g/mol. The summed E-state index contributed by atoms with van der Waals surface area (Å²) in [5.74, 6) is -1.29. The number of ether oxygens (including phenoxy) is 1. The van der Waals surface area contributed by atoms with Crippen LogP contribution in [0.4, 0.5) is 20.7 Å². The van der Waals surface area contributed by atoms with Crippen molar-refractivity contribution in [3.05, 3.63) is 68.2 Å². The quantitative estimate of drug-likeness (QED) is 0.332. The van der Waals surface area contributed by atoms with Gasteiger partial charge in [0.2, 0.25) is 0 Å². The Balaban J connectivity index is 1.99. The van der Waals surface area contributed by atoms with E-state index in [-0.39, 0.29) is 22.6 Å². The number of nitrogens with one attached hydrogen (secondary N) is 1. The molecule has 1 amide bonds. The Morgan fingerprint density at radius 2 is 2.00 bits per heavy atom. The third-order valence-electron chi connectivity index (χ3n) is 4.45. The first-order valence-electron chi connectivity index (χ1n) is 9.97. The molecule has 0 aliphatic heterocycles. The number of anilines is 2. The van der Waals surface area contributed by atoms with E-state index in [1.54, 1.807) is 20.8 Å². The summed E-state index contributed by atoms with van der Waals surface area (Å²) in [5.41, 5.74) is 1.46.